The van der Waals surface area contributed by atoms with Crippen molar-refractivity contribution in [1.29, 1.82) is 0 Å². The average molecular weight is 242 g/mol. The number of hydrogen-bond donors (Lipinski definition) is 2. The number of urea groups is 1. The molecule has 3 heterocycles. The summed E-state index contributed by atoms with van der Waals surface area (Å²) in [4.78, 5) is 19.2. The maximum absolute atomic E-state index is 11.1. The maximum Gasteiger partial charge on any atom is 0.347 e. The van der Waals surface area contributed by atoms with Crippen molar-refractivity contribution in [3.05, 3.63) is 47.0 Å². The number of carbonyl (C=O) groups is 1. The van der Waals surface area contributed by atoms with Crippen molar-refractivity contribution < 1.29 is 10.0 Å². The fourth-order valence-corrected chi connectivity index (χ4v) is 1.90. The van der Waals surface area contributed by atoms with Crippen molar-refractivity contribution in [2.45, 2.75) is 6.92 Å². The summed E-state index contributed by atoms with van der Waals surface area (Å²) >= 11 is 0. The zero-order valence-electron chi connectivity index (χ0n) is 9.58. The fourth-order valence-electron chi connectivity index (χ4n) is 1.90. The Morgan fingerprint density at radius 3 is 2.78 bits per heavy atom. The standard InChI is InChI=1S/C12H10N4O2/c1-7-9(8-2-4-16(18)5-3-8)6-10-11(13-7)15-12(17)14-10/h2-6,18H,1H3,(H,14,17). The Morgan fingerprint density at radius 1 is 1.33 bits per heavy atom. The van der Waals surface area contributed by atoms with Crippen molar-refractivity contribution in [3.8, 4) is 0 Å². The number of nitrogens with one attached hydrogen (secondary N) is 1. The molecule has 1 aromatic rings. The lowest BCUT2D eigenvalue weighted by Gasteiger charge is -2.10. The highest BCUT2D eigenvalue weighted by Gasteiger charge is 2.13. The molecular weight excluding hydrogens is 232 g/mol. The SMILES string of the molecule is Cc1nc2c(cc1=C1C=CN(O)C=C1)NC(=O)N=2. The van der Waals surface area contributed by atoms with E-state index in [2.05, 4.69) is 15.3 Å². The number of pyridine rings is 1. The molecule has 2 N–H and O–H groups in total. The molecule has 18 heavy (non-hydrogen) atoms. The second-order valence-electron chi connectivity index (χ2n) is 4.00. The molecule has 0 spiro atoms. The van der Waals surface area contributed by atoms with Crippen molar-refractivity contribution >= 4 is 17.3 Å². The van der Waals surface area contributed by atoms with E-state index in [1.54, 1.807) is 12.2 Å². The number of rotatable bonds is 0. The lowest BCUT2D eigenvalue weighted by Crippen LogP contribution is -2.21. The number of allylic oxidation sites excluding steroid dienone is 2. The van der Waals surface area contributed by atoms with E-state index in [0.717, 1.165) is 21.5 Å². The number of anilines is 1. The van der Waals surface area contributed by atoms with Gasteiger partial charge in [-0.1, -0.05) is 0 Å². The average Bonchev–Trinajstić information content (AvgIpc) is 2.68. The monoisotopic (exact) mass is 242 g/mol. The molecule has 0 radical (unpaired) electrons. The van der Waals surface area contributed by atoms with Crippen LogP contribution in [0.2, 0.25) is 0 Å². The summed E-state index contributed by atoms with van der Waals surface area (Å²) < 4.78 is 0. The van der Waals surface area contributed by atoms with Crippen LogP contribution in [0.25, 0.3) is 5.57 Å². The summed E-state index contributed by atoms with van der Waals surface area (Å²) in [5, 5.41) is 13.7. The molecule has 0 aliphatic carbocycles. The van der Waals surface area contributed by atoms with Gasteiger partial charge in [-0.2, -0.15) is 4.99 Å². The molecule has 1 aromatic heterocycles. The highest BCUT2D eigenvalue weighted by atomic mass is 16.5. The van der Waals surface area contributed by atoms with Crippen LogP contribution >= 0.6 is 0 Å². The molecule has 0 unspecified atom stereocenters. The lowest BCUT2D eigenvalue weighted by molar-refractivity contribution is 0.0109. The van der Waals surface area contributed by atoms with Crippen LogP contribution < -0.4 is 16.0 Å². The molecule has 2 amide bonds. The van der Waals surface area contributed by atoms with Crippen molar-refractivity contribution in [3.63, 3.8) is 0 Å². The predicted molar refractivity (Wildman–Crippen MR) is 64.1 cm³/mol. The van der Waals surface area contributed by atoms with Crippen LogP contribution in [0.1, 0.15) is 5.69 Å². The zero-order valence-corrected chi connectivity index (χ0v) is 9.58. The number of nitrogens with zero attached hydrogens (tertiary/aromatic N) is 3. The second-order valence-corrected chi connectivity index (χ2v) is 4.00. The molecule has 0 saturated carbocycles. The largest absolute Gasteiger partial charge is 0.347 e. The van der Waals surface area contributed by atoms with Gasteiger partial charge in [-0.25, -0.2) is 14.8 Å². The number of fused-ring (bicyclic) bond motifs is 1. The van der Waals surface area contributed by atoms with E-state index in [0.29, 0.717) is 11.2 Å². The Bertz CT molecular complexity index is 702. The summed E-state index contributed by atoms with van der Waals surface area (Å²) in [6, 6.07) is 1.44. The number of aromatic nitrogens is 1. The van der Waals surface area contributed by atoms with Gasteiger partial charge < -0.3 is 5.32 Å². The summed E-state index contributed by atoms with van der Waals surface area (Å²) in [5.74, 6) is 0. The van der Waals surface area contributed by atoms with Crippen LogP contribution in [0.15, 0.2) is 35.6 Å². The van der Waals surface area contributed by atoms with E-state index in [4.69, 9.17) is 0 Å². The van der Waals surface area contributed by atoms with E-state index >= 15 is 0 Å². The van der Waals surface area contributed by atoms with Crippen molar-refractivity contribution in [2.24, 2.45) is 4.99 Å². The van der Waals surface area contributed by atoms with E-state index in [1.165, 1.54) is 12.4 Å². The van der Waals surface area contributed by atoms with Gasteiger partial charge >= 0.3 is 6.03 Å². The smallest absolute Gasteiger partial charge is 0.303 e. The van der Waals surface area contributed by atoms with Gasteiger partial charge in [0.2, 0.25) is 0 Å². The van der Waals surface area contributed by atoms with Gasteiger partial charge in [-0.05, 0) is 30.7 Å². The Labute approximate surface area is 102 Å². The molecule has 0 atom stereocenters. The molecule has 6 nitrogen and oxygen atoms in total. The fraction of sp³-hybridized carbons (Fsp3) is 0.0833. The summed E-state index contributed by atoms with van der Waals surface area (Å²) in [6.07, 6.45) is 6.60. The Balaban J connectivity index is 2.23. The minimum atomic E-state index is -0.393. The van der Waals surface area contributed by atoms with Crippen molar-refractivity contribution in [2.75, 3.05) is 5.32 Å². The predicted octanol–water partition coefficient (Wildman–Crippen LogP) is 0.438. The topological polar surface area (TPSA) is 77.8 Å². The van der Waals surface area contributed by atoms with Gasteiger partial charge in [0.25, 0.3) is 0 Å². The first-order valence-corrected chi connectivity index (χ1v) is 5.39. The first kappa shape index (κ1) is 10.7. The van der Waals surface area contributed by atoms with Gasteiger partial charge in [0, 0.05) is 23.3 Å². The van der Waals surface area contributed by atoms with Crippen LogP contribution in [0.3, 0.4) is 0 Å². The third kappa shape index (κ3) is 1.68. The van der Waals surface area contributed by atoms with E-state index in [-0.39, 0.29) is 0 Å². The van der Waals surface area contributed by atoms with Crippen molar-refractivity contribution in [1.82, 2.24) is 10.0 Å². The molecule has 3 rings (SSSR count). The number of hydroxylamine groups is 2. The normalized spacial score (nSPS) is 16.7. The molecule has 2 aliphatic heterocycles. The third-order valence-electron chi connectivity index (χ3n) is 2.77. The molecule has 6 heteroatoms. The van der Waals surface area contributed by atoms with Gasteiger partial charge in [-0.3, -0.25) is 5.21 Å². The van der Waals surface area contributed by atoms with Gasteiger partial charge in [0.15, 0.2) is 5.49 Å². The molecule has 0 aromatic carbocycles. The van der Waals surface area contributed by atoms with Crippen LogP contribution in [-0.4, -0.2) is 21.3 Å². The zero-order chi connectivity index (χ0) is 12.7. The molecular formula is C12H10N4O2. The van der Waals surface area contributed by atoms with Gasteiger partial charge in [0.1, 0.15) is 0 Å². The number of amides is 2. The van der Waals surface area contributed by atoms with E-state index in [1.807, 2.05) is 13.0 Å². The quantitative estimate of drug-likeness (QED) is 0.692. The minimum absolute atomic E-state index is 0.393. The Kier molecular flexibility index (Phi) is 2.24. The maximum atomic E-state index is 11.1. The Morgan fingerprint density at radius 2 is 2.06 bits per heavy atom. The summed E-state index contributed by atoms with van der Waals surface area (Å²) in [6.45, 7) is 1.86. The number of hydrogen-bond acceptors (Lipinski definition) is 4. The molecule has 2 aliphatic rings. The van der Waals surface area contributed by atoms with E-state index < -0.39 is 6.03 Å². The van der Waals surface area contributed by atoms with Crippen LogP contribution in [0, 0.1) is 6.92 Å². The molecule has 90 valence electrons. The van der Waals surface area contributed by atoms with Crippen LogP contribution in [0.4, 0.5) is 10.5 Å². The summed E-state index contributed by atoms with van der Waals surface area (Å²) in [7, 11) is 0. The van der Waals surface area contributed by atoms with Gasteiger partial charge in [0.05, 0.1) is 5.69 Å². The van der Waals surface area contributed by atoms with Crippen LogP contribution in [-0.2, 0) is 0 Å². The molecule has 0 saturated heterocycles. The van der Waals surface area contributed by atoms with E-state index in [9.17, 15) is 10.0 Å². The molecule has 0 bridgehead atoms. The highest BCUT2D eigenvalue weighted by Crippen LogP contribution is 2.09. The summed E-state index contributed by atoms with van der Waals surface area (Å²) in [5.41, 5.74) is 2.73. The second kappa shape index (κ2) is 3.78. The molecule has 0 fully saturated rings. The first-order valence-electron chi connectivity index (χ1n) is 5.39. The minimum Gasteiger partial charge on any atom is -0.303 e. The Hall–Kier alpha value is -2.47. The number of carbonyl (C=O) groups excluding carboxylic acids is 1. The third-order valence-corrected chi connectivity index (χ3v) is 2.77. The lowest BCUT2D eigenvalue weighted by atomic mass is 10.1. The van der Waals surface area contributed by atoms with Crippen LogP contribution in [0.5, 0.6) is 0 Å². The first-order chi connectivity index (χ1) is 8.63. The van der Waals surface area contributed by atoms with Gasteiger partial charge in [-0.15, -0.1) is 0 Å². The number of aryl methyl sites for hydroxylation is 1. The highest BCUT2D eigenvalue weighted by molar-refractivity contribution is 5.93.